The molecule has 0 amide bonds. The van der Waals surface area contributed by atoms with Crippen molar-refractivity contribution in [3.8, 4) is 5.75 Å². The van der Waals surface area contributed by atoms with Gasteiger partial charge in [-0.1, -0.05) is 12.1 Å². The van der Waals surface area contributed by atoms with Gasteiger partial charge in [-0.3, -0.25) is 14.3 Å². The molecule has 8 nitrogen and oxygen atoms in total. The summed E-state index contributed by atoms with van der Waals surface area (Å²) in [5.74, 6) is 0.785. The lowest BCUT2D eigenvalue weighted by molar-refractivity contribution is -0.142. The van der Waals surface area contributed by atoms with Crippen LogP contribution in [0.4, 0.5) is 4.79 Å². The van der Waals surface area contributed by atoms with E-state index in [0.717, 1.165) is 59.0 Å². The van der Waals surface area contributed by atoms with Crippen molar-refractivity contribution in [2.24, 2.45) is 5.41 Å². The van der Waals surface area contributed by atoms with Gasteiger partial charge in [0.05, 0.1) is 25.3 Å². The van der Waals surface area contributed by atoms with Gasteiger partial charge in [0, 0.05) is 48.1 Å². The normalized spacial score (nSPS) is 23.2. The maximum atomic E-state index is 13.2. The van der Waals surface area contributed by atoms with Crippen molar-refractivity contribution >= 4 is 28.7 Å². The summed E-state index contributed by atoms with van der Waals surface area (Å²) < 4.78 is 18.2. The molecule has 3 aromatic rings. The van der Waals surface area contributed by atoms with Gasteiger partial charge in [0.25, 0.3) is 0 Å². The Morgan fingerprint density at radius 3 is 2.40 bits per heavy atom. The number of aryl methyl sites for hydroxylation is 1. The van der Waals surface area contributed by atoms with Crippen LogP contribution in [0.15, 0.2) is 42.6 Å². The number of ketones is 1. The number of hydrogen-bond acceptors (Lipinski definition) is 7. The molecule has 1 saturated carbocycles. The number of methoxy groups -OCH3 is 2. The van der Waals surface area contributed by atoms with Crippen molar-refractivity contribution in [2.75, 3.05) is 14.2 Å². The maximum absolute atomic E-state index is 13.2. The van der Waals surface area contributed by atoms with Gasteiger partial charge in [0.1, 0.15) is 17.1 Å². The van der Waals surface area contributed by atoms with E-state index in [1.165, 1.54) is 7.11 Å². The largest absolute Gasteiger partial charge is 0.496 e. The predicted octanol–water partition coefficient (Wildman–Crippen LogP) is 6.53. The number of Topliss-reactive ketones (excluding diaryl/α,β-unsaturated/α-hetero) is 1. The standard InChI is InChI=1S/C34H40N2O6/c1-21-15-28(40-5)27(26-12-14-35(29(21)26)31(39)42-32(2,3)4)19-36-24-11-13-34(36,20-33(16-24)17-25(37)18-33)23-9-7-22(8-10-23)30(38)41-6/h7-10,12,14-15,24H,11,13,16-20H2,1-6H3. The maximum Gasteiger partial charge on any atom is 0.419 e. The molecule has 3 heterocycles. The third-order valence-electron chi connectivity index (χ3n) is 9.57. The van der Waals surface area contributed by atoms with Gasteiger partial charge in [0.2, 0.25) is 0 Å². The van der Waals surface area contributed by atoms with E-state index in [2.05, 4.69) is 17.0 Å². The molecule has 2 saturated heterocycles. The second-order valence-corrected chi connectivity index (χ2v) is 13.5. The third kappa shape index (κ3) is 4.60. The minimum Gasteiger partial charge on any atom is -0.496 e. The average Bonchev–Trinajstić information content (AvgIpc) is 3.46. The van der Waals surface area contributed by atoms with Gasteiger partial charge in [-0.15, -0.1) is 0 Å². The average molecular weight is 573 g/mol. The van der Waals surface area contributed by atoms with Crippen molar-refractivity contribution in [1.82, 2.24) is 9.47 Å². The molecule has 0 radical (unpaired) electrons. The van der Waals surface area contributed by atoms with Crippen molar-refractivity contribution in [1.29, 1.82) is 0 Å². The molecule has 2 unspecified atom stereocenters. The number of carbonyl (C=O) groups is 3. The van der Waals surface area contributed by atoms with Gasteiger partial charge in [-0.05, 0) is 94.2 Å². The Hall–Kier alpha value is -3.65. The molecule has 3 fully saturated rings. The number of carbonyl (C=O) groups excluding carboxylic acids is 3. The fourth-order valence-corrected chi connectivity index (χ4v) is 7.97. The molecule has 6 rings (SSSR count). The number of ether oxygens (including phenoxy) is 3. The molecule has 2 bridgehead atoms. The molecule has 2 aromatic carbocycles. The van der Waals surface area contributed by atoms with E-state index < -0.39 is 11.7 Å². The molecule has 1 aliphatic carbocycles. The molecule has 42 heavy (non-hydrogen) atoms. The summed E-state index contributed by atoms with van der Waals surface area (Å²) in [4.78, 5) is 40.2. The first kappa shape index (κ1) is 28.5. The fourth-order valence-electron chi connectivity index (χ4n) is 7.97. The lowest BCUT2D eigenvalue weighted by Crippen LogP contribution is -2.57. The smallest absolute Gasteiger partial charge is 0.419 e. The van der Waals surface area contributed by atoms with Crippen LogP contribution in [0.25, 0.3) is 10.9 Å². The Balaban J connectivity index is 1.44. The summed E-state index contributed by atoms with van der Waals surface area (Å²) in [6, 6.07) is 12.1. The van der Waals surface area contributed by atoms with E-state index in [1.54, 1.807) is 17.9 Å². The summed E-state index contributed by atoms with van der Waals surface area (Å²) in [5.41, 5.74) is 3.60. The fraction of sp³-hybridized carbons (Fsp3) is 0.500. The Labute approximate surface area is 246 Å². The lowest BCUT2D eigenvalue weighted by atomic mass is 9.57. The number of benzene rings is 2. The summed E-state index contributed by atoms with van der Waals surface area (Å²) >= 11 is 0. The van der Waals surface area contributed by atoms with Gasteiger partial charge in [-0.2, -0.15) is 0 Å². The molecule has 3 aliphatic rings. The summed E-state index contributed by atoms with van der Waals surface area (Å²) in [6.07, 6.45) is 6.58. The summed E-state index contributed by atoms with van der Waals surface area (Å²) in [7, 11) is 3.08. The second kappa shape index (κ2) is 9.97. The number of nitrogens with zero attached hydrogens (tertiary/aromatic N) is 2. The van der Waals surface area contributed by atoms with Crippen molar-refractivity contribution in [3.63, 3.8) is 0 Å². The minimum absolute atomic E-state index is 0.0303. The zero-order valence-electron chi connectivity index (χ0n) is 25.4. The second-order valence-electron chi connectivity index (χ2n) is 13.5. The monoisotopic (exact) mass is 572 g/mol. The van der Waals surface area contributed by atoms with E-state index in [1.807, 2.05) is 52.0 Å². The molecule has 2 aliphatic heterocycles. The lowest BCUT2D eigenvalue weighted by Gasteiger charge is -2.56. The quantitative estimate of drug-likeness (QED) is 0.321. The topological polar surface area (TPSA) is 87.1 Å². The minimum atomic E-state index is -0.613. The summed E-state index contributed by atoms with van der Waals surface area (Å²) in [5, 5.41) is 0.965. The highest BCUT2D eigenvalue weighted by Gasteiger charge is 2.60. The predicted molar refractivity (Wildman–Crippen MR) is 159 cm³/mol. The molecule has 0 N–H and O–H groups in total. The highest BCUT2D eigenvalue weighted by molar-refractivity contribution is 5.95. The highest BCUT2D eigenvalue weighted by Crippen LogP contribution is 2.62. The Bertz CT molecular complexity index is 1570. The molecular weight excluding hydrogens is 532 g/mol. The van der Waals surface area contributed by atoms with Gasteiger partial charge in [0.15, 0.2) is 0 Å². The number of piperidine rings is 1. The molecule has 1 aromatic heterocycles. The van der Waals surface area contributed by atoms with Crippen LogP contribution in [0, 0.1) is 12.3 Å². The van der Waals surface area contributed by atoms with E-state index in [-0.39, 0.29) is 16.9 Å². The first-order valence-corrected chi connectivity index (χ1v) is 14.8. The van der Waals surface area contributed by atoms with Gasteiger partial charge < -0.3 is 14.2 Å². The van der Waals surface area contributed by atoms with Crippen molar-refractivity contribution in [3.05, 3.63) is 64.8 Å². The Morgan fingerprint density at radius 2 is 1.79 bits per heavy atom. The SMILES string of the molecule is COC(=O)c1ccc(C23CCC(CC4(CC(=O)C4)C2)N3Cc2c(OC)cc(C)c3c2ccn3C(=O)OC(C)(C)C)cc1. The van der Waals surface area contributed by atoms with Crippen molar-refractivity contribution in [2.45, 2.75) is 89.9 Å². The van der Waals surface area contributed by atoms with Crippen LogP contribution in [0.2, 0.25) is 0 Å². The number of aromatic nitrogens is 1. The molecule has 1 spiro atoms. The summed E-state index contributed by atoms with van der Waals surface area (Å²) in [6.45, 7) is 8.21. The van der Waals surface area contributed by atoms with Gasteiger partial charge in [-0.25, -0.2) is 9.59 Å². The molecule has 222 valence electrons. The molecule has 2 atom stereocenters. The van der Waals surface area contributed by atoms with Crippen LogP contribution in [0.5, 0.6) is 5.75 Å². The van der Waals surface area contributed by atoms with Crippen molar-refractivity contribution < 1.29 is 28.6 Å². The number of hydrogen-bond donors (Lipinski definition) is 0. The van der Waals surface area contributed by atoms with Crippen LogP contribution >= 0.6 is 0 Å². The number of fused-ring (bicyclic) bond motifs is 3. The highest BCUT2D eigenvalue weighted by atomic mass is 16.6. The van der Waals surface area contributed by atoms with E-state index in [0.29, 0.717) is 36.8 Å². The van der Waals surface area contributed by atoms with Crippen LogP contribution in [0.1, 0.15) is 86.3 Å². The van der Waals surface area contributed by atoms with Crippen LogP contribution in [-0.2, 0) is 26.4 Å². The van der Waals surface area contributed by atoms with Crippen LogP contribution in [-0.4, -0.2) is 53.2 Å². The van der Waals surface area contributed by atoms with Gasteiger partial charge >= 0.3 is 12.1 Å². The zero-order chi connectivity index (χ0) is 30.0. The van der Waals surface area contributed by atoms with Crippen LogP contribution < -0.4 is 4.74 Å². The first-order chi connectivity index (χ1) is 19.9. The number of rotatable bonds is 5. The molecular formula is C34H40N2O6. The Morgan fingerprint density at radius 1 is 1.07 bits per heavy atom. The van der Waals surface area contributed by atoms with E-state index >= 15 is 0 Å². The van der Waals surface area contributed by atoms with E-state index in [4.69, 9.17) is 14.2 Å². The van der Waals surface area contributed by atoms with E-state index in [9.17, 15) is 14.4 Å². The molecule has 8 heteroatoms. The number of esters is 1. The van der Waals surface area contributed by atoms with Crippen LogP contribution in [0.3, 0.4) is 0 Å². The zero-order valence-corrected chi connectivity index (χ0v) is 25.4. The third-order valence-corrected chi connectivity index (χ3v) is 9.57. The first-order valence-electron chi connectivity index (χ1n) is 14.8. The Kier molecular flexibility index (Phi) is 6.76.